The molecule has 0 radical (unpaired) electrons. The summed E-state index contributed by atoms with van der Waals surface area (Å²) in [6.07, 6.45) is 4.33. The second-order valence-electron chi connectivity index (χ2n) is 4.30. The third-order valence-electron chi connectivity index (χ3n) is 3.05. The number of rotatable bonds is 3. The van der Waals surface area contributed by atoms with Crippen LogP contribution in [0.15, 0.2) is 12.7 Å². The normalized spacial score (nSPS) is 18.4. The van der Waals surface area contributed by atoms with E-state index in [4.69, 9.17) is 17.3 Å². The first-order valence-corrected chi connectivity index (χ1v) is 6.35. The molecular weight excluding hydrogens is 284 g/mol. The van der Waals surface area contributed by atoms with Crippen LogP contribution in [0.1, 0.15) is 12.8 Å². The van der Waals surface area contributed by atoms with Crippen molar-refractivity contribution in [1.82, 2.24) is 29.7 Å². The maximum Gasteiger partial charge on any atom is 0.258 e. The largest absolute Gasteiger partial charge is 0.368 e. The Morgan fingerprint density at radius 2 is 2.15 bits per heavy atom. The van der Waals surface area contributed by atoms with Crippen molar-refractivity contribution in [2.24, 2.45) is 5.73 Å². The number of hydrogen-bond donors (Lipinski definition) is 1. The summed E-state index contributed by atoms with van der Waals surface area (Å²) in [6, 6.07) is -0.419. The lowest BCUT2D eigenvalue weighted by Crippen LogP contribution is -2.41. The molecule has 104 valence electrons. The van der Waals surface area contributed by atoms with Crippen LogP contribution in [0.3, 0.4) is 0 Å². The van der Waals surface area contributed by atoms with Gasteiger partial charge in [-0.2, -0.15) is 24.7 Å². The fourth-order valence-corrected chi connectivity index (χ4v) is 2.32. The average molecular weight is 295 g/mol. The molecule has 1 amide bonds. The Hall–Kier alpha value is -2.29. The first kappa shape index (κ1) is 12.7. The van der Waals surface area contributed by atoms with Gasteiger partial charge < -0.3 is 10.6 Å². The van der Waals surface area contributed by atoms with Crippen molar-refractivity contribution in [3.63, 3.8) is 0 Å². The van der Waals surface area contributed by atoms with Gasteiger partial charge in [0, 0.05) is 6.54 Å². The Bertz CT molecular complexity index is 630. The number of anilines is 1. The van der Waals surface area contributed by atoms with Crippen LogP contribution in [-0.2, 0) is 4.79 Å². The second kappa shape index (κ2) is 5.00. The first-order valence-electron chi connectivity index (χ1n) is 5.97. The van der Waals surface area contributed by atoms with Gasteiger partial charge in [-0.05, 0) is 24.4 Å². The predicted molar refractivity (Wildman–Crippen MR) is 69.3 cm³/mol. The molecule has 0 spiro atoms. The number of amides is 1. The smallest absolute Gasteiger partial charge is 0.258 e. The van der Waals surface area contributed by atoms with Crippen LogP contribution in [0.2, 0.25) is 5.28 Å². The molecule has 0 aliphatic carbocycles. The molecule has 3 rings (SSSR count). The van der Waals surface area contributed by atoms with Crippen LogP contribution in [0.5, 0.6) is 0 Å². The van der Waals surface area contributed by atoms with Gasteiger partial charge in [-0.3, -0.25) is 4.79 Å². The van der Waals surface area contributed by atoms with Crippen LogP contribution in [0, 0.1) is 0 Å². The molecule has 10 heteroatoms. The Morgan fingerprint density at radius 1 is 1.35 bits per heavy atom. The maximum absolute atomic E-state index is 11.4. The van der Waals surface area contributed by atoms with E-state index in [0.717, 1.165) is 6.42 Å². The summed E-state index contributed by atoms with van der Waals surface area (Å²) in [7, 11) is 0. The molecule has 9 nitrogen and oxygen atoms in total. The molecule has 0 bridgehead atoms. The summed E-state index contributed by atoms with van der Waals surface area (Å²) in [5.41, 5.74) is 5.38. The molecule has 2 aromatic heterocycles. The molecule has 0 saturated carbocycles. The molecule has 2 aromatic rings. The number of nitrogens with zero attached hydrogens (tertiary/aromatic N) is 7. The monoisotopic (exact) mass is 294 g/mol. The van der Waals surface area contributed by atoms with Crippen molar-refractivity contribution in [3.05, 3.63) is 17.9 Å². The summed E-state index contributed by atoms with van der Waals surface area (Å²) in [5.74, 6) is 0.158. The number of carbonyl (C=O) groups excluding carboxylic acids is 1. The molecule has 1 aliphatic rings. The van der Waals surface area contributed by atoms with Crippen molar-refractivity contribution in [2.75, 3.05) is 11.4 Å². The number of hydrogen-bond acceptors (Lipinski definition) is 7. The minimum atomic E-state index is -0.419. The van der Waals surface area contributed by atoms with Crippen LogP contribution in [-0.4, -0.2) is 48.2 Å². The highest BCUT2D eigenvalue weighted by atomic mass is 35.5. The zero-order valence-electron chi connectivity index (χ0n) is 10.3. The summed E-state index contributed by atoms with van der Waals surface area (Å²) in [4.78, 5) is 29.3. The fourth-order valence-electron chi connectivity index (χ4n) is 2.17. The lowest BCUT2D eigenvalue weighted by Gasteiger charge is -2.22. The van der Waals surface area contributed by atoms with E-state index in [1.807, 2.05) is 0 Å². The molecule has 2 N–H and O–H groups in total. The van der Waals surface area contributed by atoms with E-state index in [1.54, 1.807) is 4.90 Å². The molecule has 1 saturated heterocycles. The van der Waals surface area contributed by atoms with Gasteiger partial charge >= 0.3 is 0 Å². The molecule has 1 aliphatic heterocycles. The van der Waals surface area contributed by atoms with Crippen molar-refractivity contribution >= 4 is 23.5 Å². The van der Waals surface area contributed by atoms with E-state index < -0.39 is 11.9 Å². The minimum Gasteiger partial charge on any atom is -0.368 e. The third-order valence-corrected chi connectivity index (χ3v) is 3.22. The number of aromatic nitrogens is 6. The lowest BCUT2D eigenvalue weighted by atomic mass is 10.2. The van der Waals surface area contributed by atoms with Gasteiger partial charge in [-0.15, -0.1) is 0 Å². The molecule has 20 heavy (non-hydrogen) atoms. The van der Waals surface area contributed by atoms with Gasteiger partial charge in [-0.1, -0.05) is 0 Å². The predicted octanol–water partition coefficient (Wildman–Crippen LogP) is -0.440. The van der Waals surface area contributed by atoms with Crippen molar-refractivity contribution < 1.29 is 4.79 Å². The third kappa shape index (κ3) is 2.27. The molecular formula is C10H11ClN8O. The summed E-state index contributed by atoms with van der Waals surface area (Å²) in [6.45, 7) is 0.644. The van der Waals surface area contributed by atoms with Gasteiger partial charge in [0.1, 0.15) is 18.7 Å². The van der Waals surface area contributed by atoms with Gasteiger partial charge in [0.15, 0.2) is 0 Å². The van der Waals surface area contributed by atoms with Crippen molar-refractivity contribution in [3.8, 4) is 5.95 Å². The van der Waals surface area contributed by atoms with E-state index in [0.29, 0.717) is 18.9 Å². The van der Waals surface area contributed by atoms with E-state index in [2.05, 4.69) is 25.0 Å². The number of carbonyl (C=O) groups is 1. The van der Waals surface area contributed by atoms with E-state index >= 15 is 0 Å². The lowest BCUT2D eigenvalue weighted by molar-refractivity contribution is -0.119. The van der Waals surface area contributed by atoms with Crippen LogP contribution >= 0.6 is 11.6 Å². The highest BCUT2D eigenvalue weighted by molar-refractivity contribution is 6.28. The standard InChI is InChI=1S/C10H11ClN8O/c11-8-15-9(18-3-1-2-6(18)7(12)20)17-10(16-8)19-5-13-4-14-19/h4-6H,1-3H2,(H2,12,20). The summed E-state index contributed by atoms with van der Waals surface area (Å²) >= 11 is 5.91. The van der Waals surface area contributed by atoms with Crippen molar-refractivity contribution in [2.45, 2.75) is 18.9 Å². The van der Waals surface area contributed by atoms with E-state index in [-0.39, 0.29) is 11.2 Å². The zero-order chi connectivity index (χ0) is 14.1. The first-order chi connectivity index (χ1) is 9.65. The van der Waals surface area contributed by atoms with Crippen molar-refractivity contribution in [1.29, 1.82) is 0 Å². The minimum absolute atomic E-state index is 0.0237. The van der Waals surface area contributed by atoms with Crippen LogP contribution < -0.4 is 10.6 Å². The number of nitrogens with two attached hydrogens (primary N) is 1. The summed E-state index contributed by atoms with van der Waals surface area (Å²) in [5, 5.41) is 3.96. The Balaban J connectivity index is 2.00. The van der Waals surface area contributed by atoms with Gasteiger partial charge in [0.2, 0.25) is 17.1 Å². The van der Waals surface area contributed by atoms with Crippen LogP contribution in [0.4, 0.5) is 5.95 Å². The summed E-state index contributed by atoms with van der Waals surface area (Å²) < 4.78 is 1.37. The molecule has 1 fully saturated rings. The quantitative estimate of drug-likeness (QED) is 0.815. The zero-order valence-corrected chi connectivity index (χ0v) is 11.1. The van der Waals surface area contributed by atoms with Gasteiger partial charge in [-0.25, -0.2) is 4.98 Å². The average Bonchev–Trinajstić information content (AvgIpc) is 3.09. The Labute approximate surface area is 118 Å². The second-order valence-corrected chi connectivity index (χ2v) is 4.64. The highest BCUT2D eigenvalue weighted by Crippen LogP contribution is 2.23. The molecule has 1 unspecified atom stereocenters. The Kier molecular flexibility index (Phi) is 3.18. The van der Waals surface area contributed by atoms with Crippen LogP contribution in [0.25, 0.3) is 5.95 Å². The van der Waals surface area contributed by atoms with Gasteiger partial charge in [0.25, 0.3) is 5.95 Å². The van der Waals surface area contributed by atoms with E-state index in [1.165, 1.54) is 17.3 Å². The topological polar surface area (TPSA) is 116 Å². The molecule has 3 heterocycles. The van der Waals surface area contributed by atoms with Gasteiger partial charge in [0.05, 0.1) is 0 Å². The fraction of sp³-hybridized carbons (Fsp3) is 0.400. The maximum atomic E-state index is 11.4. The number of halogens is 1. The number of primary amides is 1. The highest BCUT2D eigenvalue weighted by Gasteiger charge is 2.31. The molecule has 1 atom stereocenters. The van der Waals surface area contributed by atoms with E-state index in [9.17, 15) is 4.79 Å². The SMILES string of the molecule is NC(=O)C1CCCN1c1nc(Cl)nc(-n2cncn2)n1. The Morgan fingerprint density at radius 3 is 2.85 bits per heavy atom. The molecule has 0 aromatic carbocycles.